The van der Waals surface area contributed by atoms with E-state index in [1.807, 2.05) is 6.08 Å². The number of carbonyl (C=O) groups is 4. The molecule has 10 unspecified atom stereocenters. The fourth-order valence-electron chi connectivity index (χ4n) is 15.4. The van der Waals surface area contributed by atoms with Crippen molar-refractivity contribution in [2.45, 2.75) is 424 Å². The third-order valence-corrected chi connectivity index (χ3v) is 22.1. The van der Waals surface area contributed by atoms with Gasteiger partial charge in [0.2, 0.25) is 17.7 Å². The number of ether oxygens (including phenoxy) is 10. The maximum atomic E-state index is 13.8. The highest BCUT2D eigenvalue weighted by atomic mass is 16.8. The van der Waals surface area contributed by atoms with E-state index in [2.05, 4.69) is 29.8 Å². The summed E-state index contributed by atoms with van der Waals surface area (Å²) in [6, 6.07) is -4.81. The minimum Gasteiger partial charge on any atom is -0.477 e. The van der Waals surface area contributed by atoms with Crippen LogP contribution in [0.25, 0.3) is 0 Å². The highest BCUT2D eigenvalue weighted by molar-refractivity contribution is 5.77. The Labute approximate surface area is 665 Å². The van der Waals surface area contributed by atoms with E-state index in [0.717, 1.165) is 71.6 Å². The van der Waals surface area contributed by atoms with Crippen molar-refractivity contribution in [2.24, 2.45) is 0 Å². The van der Waals surface area contributed by atoms with Crippen LogP contribution < -0.4 is 16.0 Å². The van der Waals surface area contributed by atoms with Crippen LogP contribution in [0.3, 0.4) is 0 Å². The third kappa shape index (κ3) is 32.6. The molecule has 28 atom stereocenters. The smallest absolute Gasteiger partial charge is 0.364 e. The second kappa shape index (κ2) is 54.7. The minimum absolute atomic E-state index is 0.135. The predicted octanol–water partition coefficient (Wildman–Crippen LogP) is 1.30. The van der Waals surface area contributed by atoms with Gasteiger partial charge in [-0.2, -0.15) is 0 Å². The van der Waals surface area contributed by atoms with Crippen LogP contribution in [0.1, 0.15) is 252 Å². The zero-order valence-electron chi connectivity index (χ0n) is 67.1. The lowest BCUT2D eigenvalue weighted by Gasteiger charge is -2.52. The van der Waals surface area contributed by atoms with Crippen molar-refractivity contribution in [3.8, 4) is 0 Å². The molecule has 0 aromatic rings. The SMILES string of the molecule is CCCCCCCCCCCCC/C=C/[C@@H](O)[C@H](CO[C@@H]1OC(CO)[C@@H](O[C@@H]2OC(CO)[C@H](O[C@@H]3OC(CO)[C@H](O)[C@H](O[C@@H]4OC(CO)[C@H](O)[C@H](O)C4O)C3NC(C)=O)[C@H](O[C@]3(C(=O)O)CC(O)[C@@H](NC(C)=O)C([C@H](O)[C@H](O)CO)O3)C2O)[C@H](O)C1O)NC(=O)CCCCCCCCCCCCCCCCCCCCCCC. The van der Waals surface area contributed by atoms with Gasteiger partial charge in [0.1, 0.15) is 116 Å². The summed E-state index contributed by atoms with van der Waals surface area (Å²) in [6.45, 7) is 0.356. The van der Waals surface area contributed by atoms with E-state index in [1.54, 1.807) is 6.08 Å². The summed E-state index contributed by atoms with van der Waals surface area (Å²) in [5, 5.41) is 197. The number of aliphatic hydroxyl groups excluding tert-OH is 16. The van der Waals surface area contributed by atoms with E-state index >= 15 is 0 Å². The Morgan fingerprint density at radius 2 is 0.876 bits per heavy atom. The molecule has 0 aromatic carbocycles. The number of rotatable bonds is 58. The highest BCUT2D eigenvalue weighted by Gasteiger charge is 2.62. The molecule has 20 N–H and O–H groups in total. The van der Waals surface area contributed by atoms with Gasteiger partial charge in [0.05, 0.1) is 63.9 Å². The molecule has 5 aliphatic rings. The zero-order chi connectivity index (χ0) is 83.0. The number of hydrogen-bond donors (Lipinski definition) is 20. The molecule has 0 saturated carbocycles. The molecule has 34 heteroatoms. The topological polar surface area (TPSA) is 541 Å². The monoisotopic (exact) mass is 1630 g/mol. The first-order valence-electron chi connectivity index (χ1n) is 42.1. The van der Waals surface area contributed by atoms with Crippen LogP contribution in [-0.4, -0.2) is 321 Å². The Bertz CT molecular complexity index is 2610. The molecular formula is C79H143N3O31. The Morgan fingerprint density at radius 3 is 1.36 bits per heavy atom. The average molecular weight is 1630 g/mol. The Morgan fingerprint density at radius 1 is 0.460 bits per heavy atom. The quantitative estimate of drug-likeness (QED) is 0.0301. The predicted molar refractivity (Wildman–Crippen MR) is 406 cm³/mol. The number of aliphatic carboxylic acids is 1. The third-order valence-electron chi connectivity index (χ3n) is 22.1. The number of amides is 3. The van der Waals surface area contributed by atoms with Crippen LogP contribution in [-0.2, 0) is 66.5 Å². The molecular weight excluding hydrogens is 1490 g/mol. The Hall–Kier alpha value is -3.42. The molecule has 5 aliphatic heterocycles. The van der Waals surface area contributed by atoms with Crippen molar-refractivity contribution in [3.63, 3.8) is 0 Å². The number of unbranched alkanes of at least 4 members (excludes halogenated alkanes) is 31. The van der Waals surface area contributed by atoms with Crippen LogP contribution in [0.2, 0.25) is 0 Å². The summed E-state index contributed by atoms with van der Waals surface area (Å²) in [5.41, 5.74) is 0. The van der Waals surface area contributed by atoms with Gasteiger partial charge < -0.3 is 150 Å². The van der Waals surface area contributed by atoms with E-state index in [4.69, 9.17) is 47.4 Å². The molecule has 5 heterocycles. The van der Waals surface area contributed by atoms with Gasteiger partial charge in [0.15, 0.2) is 25.2 Å². The number of carbonyl (C=O) groups excluding carboxylic acids is 3. The standard InChI is InChI=1S/C79H143N3O31/c1-5-7-9-11-13-15-17-19-20-21-22-23-24-25-26-28-30-32-34-36-38-40-58(93)82-50(51(90)39-37-35-33-31-29-27-18-16-14-12-10-8-6-2)47-104-75-67(100)65(98)69(56(45-86)107-75)109-77-68(101)73(113-79(78(102)103)41-52(91)59(80-48(3)88)72(112-79)61(94)53(92)42-83)70(57(46-87)108-77)110-74-60(81-49(4)89)71(63(96)55(44-85)105-74)111-76-66(99)64(97)62(95)54(43-84)106-76/h37,39,50-57,59-77,83-87,90-92,94-101H,5-36,38,40-47H2,1-4H3,(H,80,88)(H,81,89)(H,82,93)(H,102,103)/b39-37+/t50-,51+,52?,53+,54?,55?,56?,57?,59+,60?,61+,62-,63-,64-,65+,66?,67?,68?,69+,70-,71+,72?,73+,74-,75+,76-,77-,79-/m0/s1. The Balaban J connectivity index is 1.34. The number of aliphatic hydroxyl groups is 16. The molecule has 0 radical (unpaired) electrons. The molecule has 0 bridgehead atoms. The van der Waals surface area contributed by atoms with Gasteiger partial charge in [-0.25, -0.2) is 4.79 Å². The van der Waals surface area contributed by atoms with Crippen molar-refractivity contribution in [2.75, 3.05) is 39.6 Å². The molecule has 0 aromatic heterocycles. The van der Waals surface area contributed by atoms with Crippen molar-refractivity contribution in [1.82, 2.24) is 16.0 Å². The maximum absolute atomic E-state index is 13.8. The molecule has 0 aliphatic carbocycles. The molecule has 113 heavy (non-hydrogen) atoms. The molecule has 5 rings (SSSR count). The molecule has 5 fully saturated rings. The van der Waals surface area contributed by atoms with Crippen LogP contribution in [0, 0.1) is 0 Å². The number of carboxylic acids is 1. The van der Waals surface area contributed by atoms with E-state index in [0.29, 0.717) is 12.8 Å². The number of carboxylic acid groups (broad SMARTS) is 1. The lowest BCUT2D eigenvalue weighted by molar-refractivity contribution is -0.403. The second-order valence-electron chi connectivity index (χ2n) is 31.4. The van der Waals surface area contributed by atoms with Crippen molar-refractivity contribution in [1.29, 1.82) is 0 Å². The fraction of sp³-hybridized carbons (Fsp3) is 0.924. The number of allylic oxidation sites excluding steroid dienone is 1. The zero-order valence-corrected chi connectivity index (χ0v) is 67.1. The van der Waals surface area contributed by atoms with E-state index < -0.39 is 235 Å². The van der Waals surface area contributed by atoms with Gasteiger partial charge in [-0.3, -0.25) is 14.4 Å². The summed E-state index contributed by atoms with van der Waals surface area (Å²) < 4.78 is 60.2. The highest BCUT2D eigenvalue weighted by Crippen LogP contribution is 2.41. The van der Waals surface area contributed by atoms with E-state index in [9.17, 15) is 106 Å². The first kappa shape index (κ1) is 100. The van der Waals surface area contributed by atoms with Gasteiger partial charge >= 0.3 is 5.97 Å². The number of nitrogens with one attached hydrogen (secondary N) is 3. The van der Waals surface area contributed by atoms with E-state index in [-0.39, 0.29) is 12.3 Å². The lowest BCUT2D eigenvalue weighted by atomic mass is 9.88. The van der Waals surface area contributed by atoms with Gasteiger partial charge in [-0.1, -0.05) is 219 Å². The average Bonchev–Trinajstić information content (AvgIpc) is 0.748. The molecule has 0 spiro atoms. The van der Waals surface area contributed by atoms with Crippen LogP contribution in [0.4, 0.5) is 0 Å². The van der Waals surface area contributed by atoms with Crippen molar-refractivity contribution in [3.05, 3.63) is 12.2 Å². The lowest BCUT2D eigenvalue weighted by Crippen LogP contribution is -2.72. The first-order chi connectivity index (χ1) is 54.3. The largest absolute Gasteiger partial charge is 0.477 e. The van der Waals surface area contributed by atoms with Crippen molar-refractivity contribution >= 4 is 23.7 Å². The Kier molecular flexibility index (Phi) is 48.5. The normalized spacial score (nSPS) is 33.4. The molecule has 660 valence electrons. The van der Waals surface area contributed by atoms with Crippen molar-refractivity contribution < 1.29 is 153 Å². The van der Waals surface area contributed by atoms with Crippen LogP contribution in [0.5, 0.6) is 0 Å². The molecule has 34 nitrogen and oxygen atoms in total. The summed E-state index contributed by atoms with van der Waals surface area (Å²) in [4.78, 5) is 53.1. The van der Waals surface area contributed by atoms with E-state index in [1.165, 1.54) is 141 Å². The summed E-state index contributed by atoms with van der Waals surface area (Å²) in [6.07, 6.45) is -8.42. The van der Waals surface area contributed by atoms with Gasteiger partial charge in [-0.15, -0.1) is 0 Å². The summed E-state index contributed by atoms with van der Waals surface area (Å²) >= 11 is 0. The van der Waals surface area contributed by atoms with Gasteiger partial charge in [0.25, 0.3) is 5.79 Å². The number of hydrogen-bond acceptors (Lipinski definition) is 30. The van der Waals surface area contributed by atoms with Gasteiger partial charge in [-0.05, 0) is 19.3 Å². The molecule has 3 amide bonds. The van der Waals surface area contributed by atoms with Crippen LogP contribution >= 0.6 is 0 Å². The second-order valence-corrected chi connectivity index (χ2v) is 31.4. The maximum Gasteiger partial charge on any atom is 0.364 e. The summed E-state index contributed by atoms with van der Waals surface area (Å²) in [5.74, 6) is -7.70. The first-order valence-corrected chi connectivity index (χ1v) is 42.1. The summed E-state index contributed by atoms with van der Waals surface area (Å²) in [7, 11) is 0. The minimum atomic E-state index is -3.38. The fourth-order valence-corrected chi connectivity index (χ4v) is 15.4. The van der Waals surface area contributed by atoms with Crippen LogP contribution in [0.15, 0.2) is 12.2 Å². The molecule has 5 saturated heterocycles. The van der Waals surface area contributed by atoms with Gasteiger partial charge in [0, 0.05) is 26.7 Å².